The molecule has 4 aromatic rings. The van der Waals surface area contributed by atoms with Gasteiger partial charge in [0.2, 0.25) is 0 Å². The zero-order valence-corrected chi connectivity index (χ0v) is 11.0. The van der Waals surface area contributed by atoms with Crippen LogP contribution in [0.1, 0.15) is 0 Å². The minimum Gasteiger partial charge on any atom is -0.200 e. The molecule has 86 valence electrons. The fraction of sp³-hybridized carbons (Fsp3) is 0. The van der Waals surface area contributed by atoms with Gasteiger partial charge in [0.05, 0.1) is 15.1 Å². The first-order valence-electron chi connectivity index (χ1n) is 5.62. The summed E-state index contributed by atoms with van der Waals surface area (Å²) in [6.45, 7) is 0. The summed E-state index contributed by atoms with van der Waals surface area (Å²) >= 11 is 3.08. The molecule has 0 aliphatic rings. The summed E-state index contributed by atoms with van der Waals surface area (Å²) in [5.41, 5.74) is 2.25. The lowest BCUT2D eigenvalue weighted by atomic mass is 10.1. The van der Waals surface area contributed by atoms with Gasteiger partial charge in [0.15, 0.2) is 0 Å². The van der Waals surface area contributed by atoms with Crippen molar-refractivity contribution in [3.8, 4) is 11.3 Å². The summed E-state index contributed by atoms with van der Waals surface area (Å²) in [6.07, 6.45) is 1.93. The molecule has 0 spiro atoms. The van der Waals surface area contributed by atoms with Crippen molar-refractivity contribution in [3.63, 3.8) is 0 Å². The van der Waals surface area contributed by atoms with E-state index in [9.17, 15) is 0 Å². The topological polar surface area (TPSA) is 25.8 Å². The molecule has 4 heteroatoms. The largest absolute Gasteiger partial charge is 0.200 e. The Labute approximate surface area is 112 Å². The number of benzene rings is 2. The van der Waals surface area contributed by atoms with Crippen LogP contribution in [0.2, 0.25) is 0 Å². The Morgan fingerprint density at radius 2 is 1.61 bits per heavy atom. The van der Waals surface area contributed by atoms with E-state index in [1.54, 1.807) is 11.5 Å². The Kier molecular flexibility index (Phi) is 2.18. The number of hydrogen-bond donors (Lipinski definition) is 0. The fourth-order valence-corrected chi connectivity index (χ4v) is 3.64. The van der Waals surface area contributed by atoms with Gasteiger partial charge < -0.3 is 0 Å². The van der Waals surface area contributed by atoms with Crippen LogP contribution in [0.5, 0.6) is 0 Å². The molecule has 0 unspecified atom stereocenters. The van der Waals surface area contributed by atoms with Crippen LogP contribution >= 0.6 is 23.1 Å². The average Bonchev–Trinajstić information content (AvgIpc) is 3.05. The van der Waals surface area contributed by atoms with Crippen LogP contribution in [0.4, 0.5) is 0 Å². The van der Waals surface area contributed by atoms with Crippen LogP contribution < -0.4 is 0 Å². The van der Waals surface area contributed by atoms with Crippen molar-refractivity contribution in [2.24, 2.45) is 0 Å². The molecule has 0 fully saturated rings. The normalized spacial score (nSPS) is 11.3. The maximum Gasteiger partial charge on any atom is 0.0926 e. The summed E-state index contributed by atoms with van der Waals surface area (Å²) in [5, 5.41) is 2.42. The van der Waals surface area contributed by atoms with E-state index in [1.807, 2.05) is 6.20 Å². The van der Waals surface area contributed by atoms with Gasteiger partial charge in [0.1, 0.15) is 0 Å². The molecule has 2 aromatic carbocycles. The lowest BCUT2D eigenvalue weighted by Crippen LogP contribution is -1.78. The maximum atomic E-state index is 4.61. The Balaban J connectivity index is 2.10. The van der Waals surface area contributed by atoms with Crippen LogP contribution in [0.3, 0.4) is 0 Å². The molecule has 0 amide bonds. The van der Waals surface area contributed by atoms with Crippen molar-refractivity contribution < 1.29 is 0 Å². The fourth-order valence-electron chi connectivity index (χ4n) is 2.18. The molecule has 0 saturated heterocycles. The van der Waals surface area contributed by atoms with Gasteiger partial charge in [-0.25, -0.2) is 0 Å². The van der Waals surface area contributed by atoms with E-state index >= 15 is 0 Å². The molecule has 2 nitrogen and oxygen atoms in total. The van der Waals surface area contributed by atoms with Gasteiger partial charge in [-0.15, -0.1) is 0 Å². The first kappa shape index (κ1) is 10.2. The first-order valence-corrected chi connectivity index (χ1v) is 7.16. The van der Waals surface area contributed by atoms with E-state index in [4.69, 9.17) is 0 Å². The number of aromatic nitrogens is 2. The van der Waals surface area contributed by atoms with E-state index in [-0.39, 0.29) is 0 Å². The molecule has 0 aliphatic heterocycles. The molecule has 0 saturated carbocycles. The zero-order valence-electron chi connectivity index (χ0n) is 9.33. The van der Waals surface area contributed by atoms with Crippen molar-refractivity contribution in [2.75, 3.05) is 0 Å². The minimum atomic E-state index is 1.07. The lowest BCUT2D eigenvalue weighted by Gasteiger charge is -1.99. The van der Waals surface area contributed by atoms with Crippen molar-refractivity contribution in [1.29, 1.82) is 0 Å². The van der Waals surface area contributed by atoms with E-state index in [0.717, 1.165) is 5.69 Å². The second kappa shape index (κ2) is 3.86. The van der Waals surface area contributed by atoms with E-state index in [1.165, 1.54) is 37.3 Å². The van der Waals surface area contributed by atoms with Gasteiger partial charge in [0.25, 0.3) is 0 Å². The monoisotopic (exact) mass is 268 g/mol. The third-order valence-electron chi connectivity index (χ3n) is 3.03. The molecule has 0 N–H and O–H groups in total. The third kappa shape index (κ3) is 1.39. The summed E-state index contributed by atoms with van der Waals surface area (Å²) in [6, 6.07) is 14.7. The lowest BCUT2D eigenvalue weighted by molar-refractivity contribution is 1.55. The number of nitrogens with zero attached hydrogens (tertiary/aromatic N) is 2. The minimum absolute atomic E-state index is 1.07. The molecule has 0 bridgehead atoms. The Bertz CT molecular complexity index is 845. The van der Waals surface area contributed by atoms with E-state index in [0.29, 0.717) is 0 Å². The molecular formula is C14H8N2S2. The zero-order chi connectivity index (χ0) is 11.9. The highest BCUT2D eigenvalue weighted by Crippen LogP contribution is 2.35. The van der Waals surface area contributed by atoms with Crippen LogP contribution in [0.15, 0.2) is 48.7 Å². The average molecular weight is 268 g/mol. The third-order valence-corrected chi connectivity index (χ3v) is 4.62. The summed E-state index contributed by atoms with van der Waals surface area (Å²) in [7, 11) is 0. The molecule has 0 atom stereocenters. The SMILES string of the molecule is c1cc(-c2nsc3ccccc23)c2cnsc2c1. The molecule has 0 aliphatic carbocycles. The van der Waals surface area contributed by atoms with Gasteiger partial charge in [0, 0.05) is 22.5 Å². The van der Waals surface area contributed by atoms with Gasteiger partial charge in [-0.1, -0.05) is 30.3 Å². The number of fused-ring (bicyclic) bond motifs is 2. The summed E-state index contributed by atoms with van der Waals surface area (Å²) in [4.78, 5) is 0. The predicted molar refractivity (Wildman–Crippen MR) is 78.2 cm³/mol. The van der Waals surface area contributed by atoms with E-state index < -0.39 is 0 Å². The van der Waals surface area contributed by atoms with Gasteiger partial charge >= 0.3 is 0 Å². The second-order valence-electron chi connectivity index (χ2n) is 4.07. The quantitative estimate of drug-likeness (QED) is 0.505. The van der Waals surface area contributed by atoms with Crippen molar-refractivity contribution in [1.82, 2.24) is 8.75 Å². The highest BCUT2D eigenvalue weighted by atomic mass is 32.1. The molecule has 2 heterocycles. The molecular weight excluding hydrogens is 260 g/mol. The Morgan fingerprint density at radius 1 is 0.778 bits per heavy atom. The van der Waals surface area contributed by atoms with Crippen LogP contribution in [-0.4, -0.2) is 8.75 Å². The van der Waals surface area contributed by atoms with Gasteiger partial charge in [-0.3, -0.25) is 0 Å². The summed E-state index contributed by atoms with van der Waals surface area (Å²) in [5.74, 6) is 0. The van der Waals surface area contributed by atoms with Crippen molar-refractivity contribution in [2.45, 2.75) is 0 Å². The molecule has 4 rings (SSSR count). The Hall–Kier alpha value is -1.78. The predicted octanol–water partition coefficient (Wildman–Crippen LogP) is 4.57. The highest BCUT2D eigenvalue weighted by molar-refractivity contribution is 7.14. The van der Waals surface area contributed by atoms with Crippen LogP contribution in [0, 0.1) is 0 Å². The highest BCUT2D eigenvalue weighted by Gasteiger charge is 2.11. The number of rotatable bonds is 1. The second-order valence-corrected chi connectivity index (χ2v) is 5.71. The van der Waals surface area contributed by atoms with Gasteiger partial charge in [-0.05, 0) is 35.2 Å². The molecule has 0 radical (unpaired) electrons. The van der Waals surface area contributed by atoms with Crippen LogP contribution in [-0.2, 0) is 0 Å². The first-order chi connectivity index (χ1) is 8.93. The number of hydrogen-bond acceptors (Lipinski definition) is 4. The van der Waals surface area contributed by atoms with Crippen LogP contribution in [0.25, 0.3) is 31.4 Å². The Morgan fingerprint density at radius 3 is 2.61 bits per heavy atom. The van der Waals surface area contributed by atoms with Crippen molar-refractivity contribution in [3.05, 3.63) is 48.7 Å². The van der Waals surface area contributed by atoms with E-state index in [2.05, 4.69) is 51.2 Å². The summed E-state index contributed by atoms with van der Waals surface area (Å²) < 4.78 is 11.3. The molecule has 2 aromatic heterocycles. The maximum absolute atomic E-state index is 4.61. The van der Waals surface area contributed by atoms with Gasteiger partial charge in [-0.2, -0.15) is 8.75 Å². The van der Waals surface area contributed by atoms with Crippen molar-refractivity contribution >= 4 is 43.2 Å². The molecule has 18 heavy (non-hydrogen) atoms. The standard InChI is InChI=1S/C14H8N2S2/c1-2-6-12-10(4-1)14(16-18-12)9-5-3-7-13-11(9)8-15-17-13/h1-8H. The smallest absolute Gasteiger partial charge is 0.0926 e.